The average Bonchev–Trinajstić information content (AvgIpc) is 3.26. The Morgan fingerprint density at radius 3 is 2.33 bits per heavy atom. The van der Waals surface area contributed by atoms with Crippen molar-refractivity contribution >= 4 is 23.0 Å². The van der Waals surface area contributed by atoms with Crippen LogP contribution in [-0.4, -0.2) is 23.1 Å². The summed E-state index contributed by atoms with van der Waals surface area (Å²) < 4.78 is 11.0. The van der Waals surface area contributed by atoms with Gasteiger partial charge in [0.05, 0.1) is 0 Å². The molecule has 0 bridgehead atoms. The molecular formula is C27H26N2O4. The third-order valence-electron chi connectivity index (χ3n) is 5.45. The molecule has 1 unspecified atom stereocenters. The van der Waals surface area contributed by atoms with E-state index in [1.54, 1.807) is 0 Å². The van der Waals surface area contributed by atoms with Crippen molar-refractivity contribution in [3.05, 3.63) is 108 Å². The van der Waals surface area contributed by atoms with Crippen LogP contribution in [0.4, 0.5) is 4.79 Å². The fourth-order valence-electron chi connectivity index (χ4n) is 3.67. The van der Waals surface area contributed by atoms with E-state index in [9.17, 15) is 9.59 Å². The van der Waals surface area contributed by atoms with Gasteiger partial charge in [-0.1, -0.05) is 78.9 Å². The zero-order valence-corrected chi connectivity index (χ0v) is 18.4. The fourth-order valence-corrected chi connectivity index (χ4v) is 3.67. The number of hydrogen-bond acceptors (Lipinski definition) is 4. The summed E-state index contributed by atoms with van der Waals surface area (Å²) in [6.45, 7) is 1.92. The van der Waals surface area contributed by atoms with E-state index in [1.165, 1.54) is 0 Å². The number of aromatic nitrogens is 1. The smallest absolute Gasteiger partial charge is 0.408 e. The number of hydrogen-bond donors (Lipinski definition) is 2. The third-order valence-corrected chi connectivity index (χ3v) is 5.45. The summed E-state index contributed by atoms with van der Waals surface area (Å²) in [6, 6.07) is 25.8. The van der Waals surface area contributed by atoms with E-state index in [0.29, 0.717) is 0 Å². The number of aromatic amines is 1. The molecule has 4 aromatic rings. The van der Waals surface area contributed by atoms with Crippen molar-refractivity contribution in [2.75, 3.05) is 0 Å². The molecule has 0 saturated heterocycles. The molecule has 0 spiro atoms. The minimum absolute atomic E-state index is 0.113. The standard InChI is InChI=1S/C27H26N2O4/c1-19(21-12-6-3-7-13-21)33-26(30)25(16-22-17-28-24-15-9-8-14-23(22)24)29-27(31)32-18-20-10-4-2-5-11-20/h2-15,17,19,25,28H,16,18H2,1H3,(H,29,31)/t19-,25?/m0/s1. The highest BCUT2D eigenvalue weighted by Gasteiger charge is 2.26. The SMILES string of the molecule is C[C@H](OC(=O)C(Cc1c[nH]c2ccccc12)NC(=O)OCc1ccccc1)c1ccccc1. The van der Waals surface area contributed by atoms with Gasteiger partial charge in [0.1, 0.15) is 18.8 Å². The molecule has 0 aliphatic rings. The van der Waals surface area contributed by atoms with Crippen LogP contribution in [0.2, 0.25) is 0 Å². The number of ether oxygens (including phenoxy) is 2. The number of carbonyl (C=O) groups is 2. The van der Waals surface area contributed by atoms with E-state index in [-0.39, 0.29) is 13.0 Å². The van der Waals surface area contributed by atoms with Gasteiger partial charge in [0.25, 0.3) is 0 Å². The number of alkyl carbamates (subject to hydrolysis) is 1. The second-order valence-electron chi connectivity index (χ2n) is 7.81. The summed E-state index contributed by atoms with van der Waals surface area (Å²) in [6.07, 6.45) is 0.993. The van der Waals surface area contributed by atoms with Crippen molar-refractivity contribution in [1.29, 1.82) is 0 Å². The van der Waals surface area contributed by atoms with Crippen LogP contribution in [0.1, 0.15) is 29.7 Å². The topological polar surface area (TPSA) is 80.4 Å². The minimum Gasteiger partial charge on any atom is -0.456 e. The second kappa shape index (κ2) is 10.5. The van der Waals surface area contributed by atoms with Gasteiger partial charge in [-0.05, 0) is 29.7 Å². The first-order valence-electron chi connectivity index (χ1n) is 10.9. The lowest BCUT2D eigenvalue weighted by atomic mass is 10.0. The van der Waals surface area contributed by atoms with Gasteiger partial charge in [-0.15, -0.1) is 0 Å². The lowest BCUT2D eigenvalue weighted by Gasteiger charge is -2.21. The maximum atomic E-state index is 13.1. The zero-order valence-electron chi connectivity index (χ0n) is 18.4. The average molecular weight is 443 g/mol. The Kier molecular flexibility index (Phi) is 7.05. The maximum absolute atomic E-state index is 13.1. The Bertz CT molecular complexity index is 1200. The molecule has 6 heteroatoms. The van der Waals surface area contributed by atoms with Crippen LogP contribution in [0.25, 0.3) is 10.9 Å². The molecule has 1 heterocycles. The van der Waals surface area contributed by atoms with Gasteiger partial charge in [-0.3, -0.25) is 0 Å². The molecule has 0 fully saturated rings. The van der Waals surface area contributed by atoms with E-state index in [0.717, 1.165) is 27.6 Å². The van der Waals surface area contributed by atoms with Gasteiger partial charge in [0.2, 0.25) is 0 Å². The summed E-state index contributed by atoms with van der Waals surface area (Å²) in [5.41, 5.74) is 3.61. The number of nitrogens with one attached hydrogen (secondary N) is 2. The number of amides is 1. The predicted octanol–water partition coefficient (Wildman–Crippen LogP) is 5.31. The molecule has 6 nitrogen and oxygen atoms in total. The monoisotopic (exact) mass is 442 g/mol. The van der Waals surface area contributed by atoms with Crippen molar-refractivity contribution < 1.29 is 19.1 Å². The van der Waals surface area contributed by atoms with E-state index in [2.05, 4.69) is 10.3 Å². The molecule has 0 saturated carbocycles. The molecule has 3 aromatic carbocycles. The van der Waals surface area contributed by atoms with Crippen LogP contribution in [0, 0.1) is 0 Å². The fraction of sp³-hybridized carbons (Fsp3) is 0.185. The highest BCUT2D eigenvalue weighted by atomic mass is 16.6. The summed E-state index contributed by atoms with van der Waals surface area (Å²) in [7, 11) is 0. The third kappa shape index (κ3) is 5.80. The molecule has 2 N–H and O–H groups in total. The number of para-hydroxylation sites is 1. The highest BCUT2D eigenvalue weighted by molar-refractivity contribution is 5.86. The summed E-state index contributed by atoms with van der Waals surface area (Å²) >= 11 is 0. The second-order valence-corrected chi connectivity index (χ2v) is 7.81. The number of esters is 1. The van der Waals surface area contributed by atoms with Crippen molar-refractivity contribution in [1.82, 2.24) is 10.3 Å². The molecule has 4 rings (SSSR count). The van der Waals surface area contributed by atoms with E-state index in [4.69, 9.17) is 9.47 Å². The molecular weight excluding hydrogens is 416 g/mol. The number of carbonyl (C=O) groups excluding carboxylic acids is 2. The lowest BCUT2D eigenvalue weighted by Crippen LogP contribution is -2.43. The van der Waals surface area contributed by atoms with Crippen molar-refractivity contribution in [3.63, 3.8) is 0 Å². The zero-order chi connectivity index (χ0) is 23.0. The van der Waals surface area contributed by atoms with Gasteiger partial charge in [-0.25, -0.2) is 9.59 Å². The van der Waals surface area contributed by atoms with Gasteiger partial charge < -0.3 is 19.8 Å². The van der Waals surface area contributed by atoms with E-state index >= 15 is 0 Å². The first-order valence-corrected chi connectivity index (χ1v) is 10.9. The first-order chi connectivity index (χ1) is 16.1. The van der Waals surface area contributed by atoms with Crippen molar-refractivity contribution in [2.24, 2.45) is 0 Å². The molecule has 1 amide bonds. The molecule has 1 aromatic heterocycles. The van der Waals surface area contributed by atoms with Gasteiger partial charge in [0.15, 0.2) is 0 Å². The predicted molar refractivity (Wildman–Crippen MR) is 127 cm³/mol. The van der Waals surface area contributed by atoms with Crippen LogP contribution >= 0.6 is 0 Å². The normalized spacial score (nSPS) is 12.6. The van der Waals surface area contributed by atoms with Crippen molar-refractivity contribution in [2.45, 2.75) is 32.1 Å². The number of benzene rings is 3. The summed E-state index contributed by atoms with van der Waals surface area (Å²) in [5, 5.41) is 3.69. The van der Waals surface area contributed by atoms with Gasteiger partial charge in [-0.2, -0.15) is 0 Å². The molecule has 0 aliphatic heterocycles. The maximum Gasteiger partial charge on any atom is 0.408 e. The minimum atomic E-state index is -0.904. The highest BCUT2D eigenvalue weighted by Crippen LogP contribution is 2.21. The van der Waals surface area contributed by atoms with Crippen molar-refractivity contribution in [3.8, 4) is 0 Å². The van der Waals surface area contributed by atoms with Crippen LogP contribution in [-0.2, 0) is 27.3 Å². The Labute approximate surface area is 192 Å². The lowest BCUT2D eigenvalue weighted by molar-refractivity contribution is -0.151. The van der Waals surface area contributed by atoms with Crippen LogP contribution in [0.5, 0.6) is 0 Å². The molecule has 2 atom stereocenters. The van der Waals surface area contributed by atoms with E-state index in [1.807, 2.05) is 98.0 Å². The number of fused-ring (bicyclic) bond motifs is 1. The molecule has 168 valence electrons. The van der Waals surface area contributed by atoms with Crippen LogP contribution in [0.3, 0.4) is 0 Å². The molecule has 33 heavy (non-hydrogen) atoms. The van der Waals surface area contributed by atoms with Gasteiger partial charge in [0, 0.05) is 23.5 Å². The Balaban J connectivity index is 1.48. The quantitative estimate of drug-likeness (QED) is 0.363. The van der Waals surface area contributed by atoms with Crippen LogP contribution < -0.4 is 5.32 Å². The molecule has 0 aliphatic carbocycles. The first kappa shape index (κ1) is 22.1. The Hall–Kier alpha value is -4.06. The number of rotatable bonds is 8. The summed E-state index contributed by atoms with van der Waals surface area (Å²) in [5.74, 6) is -0.520. The number of H-pyrrole nitrogens is 1. The molecule has 0 radical (unpaired) electrons. The largest absolute Gasteiger partial charge is 0.456 e. The van der Waals surface area contributed by atoms with Crippen LogP contribution in [0.15, 0.2) is 91.1 Å². The Morgan fingerprint density at radius 2 is 1.58 bits per heavy atom. The Morgan fingerprint density at radius 1 is 0.909 bits per heavy atom. The summed E-state index contributed by atoms with van der Waals surface area (Å²) in [4.78, 5) is 28.8. The van der Waals surface area contributed by atoms with E-state index < -0.39 is 24.2 Å². The van der Waals surface area contributed by atoms with Gasteiger partial charge >= 0.3 is 12.1 Å².